The predicted molar refractivity (Wildman–Crippen MR) is 122 cm³/mol. The van der Waals surface area contributed by atoms with E-state index in [0.29, 0.717) is 12.1 Å². The van der Waals surface area contributed by atoms with Crippen molar-refractivity contribution in [3.63, 3.8) is 0 Å². The molecule has 2 aliphatic heterocycles. The van der Waals surface area contributed by atoms with Crippen molar-refractivity contribution in [2.45, 2.75) is 50.1 Å². The van der Waals surface area contributed by atoms with Crippen LogP contribution in [0.15, 0.2) is 35.1 Å². The van der Waals surface area contributed by atoms with E-state index in [1.165, 1.54) is 11.5 Å². The maximum atomic E-state index is 13.1. The number of Topliss-reactive ketones (excluding diaryl/α,β-unsaturated/α-hetero) is 1. The molecule has 4 heterocycles. The van der Waals surface area contributed by atoms with Gasteiger partial charge in [0.05, 0.1) is 17.9 Å². The van der Waals surface area contributed by atoms with Crippen LogP contribution in [0.4, 0.5) is 0 Å². The van der Waals surface area contributed by atoms with Crippen LogP contribution in [-0.4, -0.2) is 83.6 Å². The zero-order valence-corrected chi connectivity index (χ0v) is 19.0. The Kier molecular flexibility index (Phi) is 5.82. The number of aliphatic hydroxyl groups is 5. The second kappa shape index (κ2) is 8.62. The molecule has 0 spiro atoms. The van der Waals surface area contributed by atoms with Gasteiger partial charge in [0.1, 0.15) is 24.0 Å². The lowest BCUT2D eigenvalue weighted by Gasteiger charge is -2.43. The van der Waals surface area contributed by atoms with Crippen molar-refractivity contribution in [1.29, 1.82) is 0 Å². The van der Waals surface area contributed by atoms with E-state index in [1.807, 2.05) is 24.3 Å². The highest BCUT2D eigenvalue weighted by atomic mass is 16.7. The maximum Gasteiger partial charge on any atom is 0.343 e. The number of rotatable bonds is 4. The van der Waals surface area contributed by atoms with Crippen LogP contribution in [0, 0.1) is 0 Å². The molecule has 0 bridgehead atoms. The van der Waals surface area contributed by atoms with E-state index >= 15 is 0 Å². The van der Waals surface area contributed by atoms with Gasteiger partial charge < -0.3 is 44.6 Å². The Hall–Kier alpha value is -3.39. The number of aliphatic hydroxyl groups excluding tert-OH is 4. The van der Waals surface area contributed by atoms with Gasteiger partial charge in [0.2, 0.25) is 5.79 Å². The van der Waals surface area contributed by atoms with Gasteiger partial charge in [0.15, 0.2) is 17.6 Å². The average molecular weight is 500 g/mol. The fraction of sp³-hybridized carbons (Fsp3) is 0.375. The molecule has 0 aliphatic carbocycles. The highest BCUT2D eigenvalue weighted by molar-refractivity contribution is 5.97. The van der Waals surface area contributed by atoms with E-state index < -0.39 is 54.1 Å². The Morgan fingerprint density at radius 1 is 1.22 bits per heavy atom. The number of benzene rings is 1. The minimum atomic E-state index is -2.75. The summed E-state index contributed by atoms with van der Waals surface area (Å²) >= 11 is 0. The van der Waals surface area contributed by atoms with Crippen LogP contribution >= 0.6 is 0 Å². The Balaban J connectivity index is 1.62. The van der Waals surface area contributed by atoms with Gasteiger partial charge in [-0.2, -0.15) is 0 Å². The van der Waals surface area contributed by atoms with Crippen LogP contribution < -0.4 is 10.3 Å². The number of ether oxygens (including phenoxy) is 2. The lowest BCUT2D eigenvalue weighted by Crippen LogP contribution is -2.67. The number of aromatic amines is 1. The van der Waals surface area contributed by atoms with Crippen molar-refractivity contribution in [1.82, 2.24) is 9.55 Å². The minimum absolute atomic E-state index is 0.193. The zero-order chi connectivity index (χ0) is 25.9. The van der Waals surface area contributed by atoms with Crippen molar-refractivity contribution in [3.8, 4) is 17.1 Å². The third-order valence-electron chi connectivity index (χ3n) is 6.72. The predicted octanol–water partition coefficient (Wildman–Crippen LogP) is -1.18. The third kappa shape index (κ3) is 3.58. The first-order valence-corrected chi connectivity index (χ1v) is 11.2. The van der Waals surface area contributed by atoms with Crippen molar-refractivity contribution >= 4 is 22.7 Å². The number of hydrogen-bond acceptors (Lipinski definition) is 10. The smallest absolute Gasteiger partial charge is 0.343 e. The summed E-state index contributed by atoms with van der Waals surface area (Å²) in [5.41, 5.74) is 1.56. The number of carbonyl (C=O) groups excluding carboxylic acids is 2. The number of hydrogen-bond donors (Lipinski definition) is 6. The van der Waals surface area contributed by atoms with E-state index in [0.717, 1.165) is 22.5 Å². The van der Waals surface area contributed by atoms with Crippen LogP contribution in [0.25, 0.3) is 22.3 Å². The van der Waals surface area contributed by atoms with Gasteiger partial charge in [-0.25, -0.2) is 4.79 Å². The number of aromatic nitrogens is 2. The van der Waals surface area contributed by atoms with Gasteiger partial charge in [-0.15, -0.1) is 0 Å². The molecule has 0 amide bonds. The van der Waals surface area contributed by atoms with Crippen LogP contribution in [0.3, 0.4) is 0 Å². The summed E-state index contributed by atoms with van der Waals surface area (Å²) in [6.45, 7) is 0.205. The molecular formula is C24H24N2O10. The normalized spacial score (nSPS) is 27.4. The van der Waals surface area contributed by atoms with E-state index in [9.17, 15) is 39.9 Å². The number of ketones is 1. The molecule has 0 saturated carbocycles. The highest BCUT2D eigenvalue weighted by Gasteiger charge is 2.55. The summed E-state index contributed by atoms with van der Waals surface area (Å²) in [5.74, 6) is -4.79. The van der Waals surface area contributed by atoms with Crippen molar-refractivity contribution < 1.29 is 44.6 Å². The lowest BCUT2D eigenvalue weighted by molar-refractivity contribution is -0.349. The molecule has 1 saturated heterocycles. The quantitative estimate of drug-likeness (QED) is 0.188. The lowest BCUT2D eigenvalue weighted by atomic mass is 9.93. The van der Waals surface area contributed by atoms with Crippen molar-refractivity contribution in [3.05, 3.63) is 51.8 Å². The number of carbonyl (C=O) groups is 2. The Morgan fingerprint density at radius 2 is 1.94 bits per heavy atom. The summed E-state index contributed by atoms with van der Waals surface area (Å²) in [5, 5.41) is 51.0. The highest BCUT2D eigenvalue weighted by Crippen LogP contribution is 2.39. The molecule has 190 valence electrons. The number of para-hydroxylation sites is 1. The Bertz CT molecular complexity index is 1440. The van der Waals surface area contributed by atoms with Crippen molar-refractivity contribution in [2.24, 2.45) is 0 Å². The Morgan fingerprint density at radius 3 is 2.64 bits per heavy atom. The minimum Gasteiger partial charge on any atom is -0.422 e. The first kappa shape index (κ1) is 24.3. The van der Waals surface area contributed by atoms with Gasteiger partial charge in [0, 0.05) is 17.4 Å². The molecule has 1 fully saturated rings. The van der Waals surface area contributed by atoms with Crippen LogP contribution in [0.2, 0.25) is 0 Å². The number of fused-ring (bicyclic) bond motifs is 5. The molecule has 0 unspecified atom stereocenters. The number of esters is 1. The van der Waals surface area contributed by atoms with E-state index in [1.54, 1.807) is 0 Å². The van der Waals surface area contributed by atoms with Gasteiger partial charge in [0.25, 0.3) is 5.56 Å². The maximum absolute atomic E-state index is 13.1. The molecular weight excluding hydrogens is 476 g/mol. The van der Waals surface area contributed by atoms with Crippen LogP contribution in [0.1, 0.15) is 22.8 Å². The summed E-state index contributed by atoms with van der Waals surface area (Å²) in [6.07, 6.45) is -7.71. The SMILES string of the molecule is CC(=O)c1cc(OC(=O)[C@H]2O[C@](O)(CO)[C@H](O)[C@@H](O)[C@@H]2O)c2n(c1=O)CCc1c-2[nH]c2ccccc12. The largest absolute Gasteiger partial charge is 0.422 e. The molecule has 6 N–H and O–H groups in total. The summed E-state index contributed by atoms with van der Waals surface area (Å²) in [7, 11) is 0. The van der Waals surface area contributed by atoms with E-state index in [2.05, 4.69) is 4.98 Å². The molecule has 2 aromatic heterocycles. The third-order valence-corrected chi connectivity index (χ3v) is 6.72. The average Bonchev–Trinajstić information content (AvgIpc) is 3.25. The number of pyridine rings is 1. The molecule has 1 aromatic carbocycles. The van der Waals surface area contributed by atoms with Crippen LogP contribution in [-0.2, 0) is 22.5 Å². The molecule has 12 heteroatoms. The molecule has 3 aromatic rings. The van der Waals surface area contributed by atoms with E-state index in [4.69, 9.17) is 9.47 Å². The fourth-order valence-corrected chi connectivity index (χ4v) is 4.80. The second-order valence-electron chi connectivity index (χ2n) is 8.95. The van der Waals surface area contributed by atoms with Gasteiger partial charge in [-0.3, -0.25) is 9.59 Å². The zero-order valence-electron chi connectivity index (χ0n) is 19.0. The molecule has 2 aliphatic rings. The van der Waals surface area contributed by atoms with E-state index in [-0.39, 0.29) is 23.6 Å². The first-order valence-electron chi connectivity index (χ1n) is 11.2. The van der Waals surface area contributed by atoms with Crippen molar-refractivity contribution in [2.75, 3.05) is 6.61 Å². The molecule has 5 rings (SSSR count). The standard InChI is InChI=1S/C24H24N2O10/c1-10(28)13-8-15(35-23(33)20-18(29)19(30)21(31)24(34,9-27)36-20)17-16-12(6-7-26(17)22(13)32)11-4-2-3-5-14(11)25-16/h2-5,8,18-21,25,27,29-31,34H,6-7,9H2,1H3/t18-,19-,20-,21+,24+/m0/s1. The topological polar surface area (TPSA) is 192 Å². The Labute approximate surface area is 202 Å². The number of nitrogens with one attached hydrogen (secondary N) is 1. The van der Waals surface area contributed by atoms with Gasteiger partial charge >= 0.3 is 5.97 Å². The molecule has 0 radical (unpaired) electrons. The second-order valence-corrected chi connectivity index (χ2v) is 8.95. The fourth-order valence-electron chi connectivity index (χ4n) is 4.80. The summed E-state index contributed by atoms with van der Waals surface area (Å²) in [6, 6.07) is 8.57. The number of aryl methyl sites for hydroxylation is 1. The number of nitrogens with zero attached hydrogens (tertiary/aromatic N) is 1. The molecule has 5 atom stereocenters. The summed E-state index contributed by atoms with van der Waals surface area (Å²) < 4.78 is 11.9. The number of H-pyrrole nitrogens is 1. The summed E-state index contributed by atoms with van der Waals surface area (Å²) in [4.78, 5) is 41.6. The van der Waals surface area contributed by atoms with Gasteiger partial charge in [-0.05, 0) is 31.0 Å². The van der Waals surface area contributed by atoms with Crippen LogP contribution in [0.5, 0.6) is 5.75 Å². The molecule has 12 nitrogen and oxygen atoms in total. The molecule has 36 heavy (non-hydrogen) atoms. The first-order chi connectivity index (χ1) is 17.1. The van der Waals surface area contributed by atoms with Gasteiger partial charge in [-0.1, -0.05) is 18.2 Å². The monoisotopic (exact) mass is 500 g/mol.